The van der Waals surface area contributed by atoms with Crippen molar-refractivity contribution in [2.75, 3.05) is 6.54 Å². The van der Waals surface area contributed by atoms with Gasteiger partial charge in [-0.1, -0.05) is 42.8 Å². The molecule has 0 aliphatic rings. The fraction of sp³-hybridized carbons (Fsp3) is 0.333. The zero-order valence-electron chi connectivity index (χ0n) is 12.7. The minimum Gasteiger partial charge on any atom is -0.306 e. The van der Waals surface area contributed by atoms with Crippen LogP contribution in [0.3, 0.4) is 0 Å². The molecule has 0 aliphatic carbocycles. The molecule has 2 aromatic rings. The van der Waals surface area contributed by atoms with E-state index in [-0.39, 0.29) is 6.04 Å². The summed E-state index contributed by atoms with van der Waals surface area (Å²) >= 11 is 8.67. The van der Waals surface area contributed by atoms with Crippen molar-refractivity contribution in [3.63, 3.8) is 0 Å². The maximum atomic E-state index is 6.25. The van der Waals surface area contributed by atoms with Crippen LogP contribution in [0.5, 0.6) is 0 Å². The van der Waals surface area contributed by atoms with Crippen molar-refractivity contribution in [1.29, 1.82) is 0 Å². The van der Waals surface area contributed by atoms with Gasteiger partial charge in [-0.05, 0) is 83.8 Å². The van der Waals surface area contributed by atoms with Crippen LogP contribution in [-0.4, -0.2) is 6.54 Å². The molecule has 1 unspecified atom stereocenters. The van der Waals surface area contributed by atoms with Gasteiger partial charge in [0.1, 0.15) is 0 Å². The molecule has 3 heteroatoms. The molecule has 1 nitrogen and oxygen atoms in total. The lowest BCUT2D eigenvalue weighted by molar-refractivity contribution is 0.594. The largest absolute Gasteiger partial charge is 0.306 e. The number of nitrogens with one attached hydrogen (secondary N) is 1. The second kappa shape index (κ2) is 7.61. The van der Waals surface area contributed by atoms with Gasteiger partial charge in [-0.25, -0.2) is 0 Å². The van der Waals surface area contributed by atoms with E-state index in [1.165, 1.54) is 20.3 Å². The first kappa shape index (κ1) is 16.8. The summed E-state index contributed by atoms with van der Waals surface area (Å²) in [6, 6.07) is 13.1. The number of benzene rings is 2. The first-order valence-electron chi connectivity index (χ1n) is 7.29. The van der Waals surface area contributed by atoms with E-state index in [1.54, 1.807) is 0 Å². The van der Waals surface area contributed by atoms with Crippen molar-refractivity contribution >= 4 is 34.2 Å². The molecule has 0 amide bonds. The van der Waals surface area contributed by atoms with Crippen LogP contribution < -0.4 is 5.32 Å². The average Bonchev–Trinajstić information content (AvgIpc) is 2.46. The summed E-state index contributed by atoms with van der Waals surface area (Å²) in [4.78, 5) is 0. The predicted molar refractivity (Wildman–Crippen MR) is 100 cm³/mol. The molecular weight excluding hydrogens is 393 g/mol. The van der Waals surface area contributed by atoms with Crippen LogP contribution >= 0.6 is 34.2 Å². The van der Waals surface area contributed by atoms with Gasteiger partial charge in [-0.15, -0.1) is 0 Å². The topological polar surface area (TPSA) is 12.0 Å². The molecule has 2 rings (SSSR count). The molecule has 0 heterocycles. The molecule has 0 saturated heterocycles. The van der Waals surface area contributed by atoms with E-state index in [0.29, 0.717) is 0 Å². The monoisotopic (exact) mass is 413 g/mol. The maximum Gasteiger partial charge on any atom is 0.0589 e. The van der Waals surface area contributed by atoms with Gasteiger partial charge in [0.25, 0.3) is 0 Å². The first-order chi connectivity index (χ1) is 10.0. The van der Waals surface area contributed by atoms with Crippen molar-refractivity contribution in [1.82, 2.24) is 5.32 Å². The zero-order valence-corrected chi connectivity index (χ0v) is 15.6. The highest BCUT2D eigenvalue weighted by Crippen LogP contribution is 2.31. The number of rotatable bonds is 5. The summed E-state index contributed by atoms with van der Waals surface area (Å²) in [7, 11) is 0. The average molecular weight is 414 g/mol. The molecule has 0 bridgehead atoms. The fourth-order valence-electron chi connectivity index (χ4n) is 2.50. The van der Waals surface area contributed by atoms with Crippen molar-refractivity contribution in [2.45, 2.75) is 33.2 Å². The zero-order chi connectivity index (χ0) is 15.4. The highest BCUT2D eigenvalue weighted by atomic mass is 127. The highest BCUT2D eigenvalue weighted by Gasteiger charge is 2.18. The van der Waals surface area contributed by atoms with Crippen LogP contribution in [0.1, 0.15) is 41.6 Å². The van der Waals surface area contributed by atoms with Gasteiger partial charge in [-0.2, -0.15) is 0 Å². The van der Waals surface area contributed by atoms with Gasteiger partial charge in [0.15, 0.2) is 0 Å². The molecule has 0 saturated carbocycles. The van der Waals surface area contributed by atoms with Gasteiger partial charge in [0.05, 0.1) is 6.04 Å². The lowest BCUT2D eigenvalue weighted by atomic mass is 9.93. The summed E-state index contributed by atoms with van der Waals surface area (Å²) < 4.78 is 1.29. The molecule has 1 atom stereocenters. The molecule has 0 fully saturated rings. The number of hydrogen-bond donors (Lipinski definition) is 1. The minimum atomic E-state index is 0.217. The first-order valence-corrected chi connectivity index (χ1v) is 8.74. The standard InChI is InChI=1S/C18H21ClIN/c1-4-9-21-18(14-7-5-6-8-17(14)20)15-10-13(3)16(19)11-12(15)2/h5-8,10-11,18,21H,4,9H2,1-3H3. The smallest absolute Gasteiger partial charge is 0.0589 e. The van der Waals surface area contributed by atoms with Gasteiger partial charge < -0.3 is 5.32 Å². The third kappa shape index (κ3) is 3.99. The molecular formula is C18H21ClIN. The van der Waals surface area contributed by atoms with Gasteiger partial charge in [0.2, 0.25) is 0 Å². The van der Waals surface area contributed by atoms with E-state index < -0.39 is 0 Å². The number of hydrogen-bond acceptors (Lipinski definition) is 1. The molecule has 1 N–H and O–H groups in total. The Bertz CT molecular complexity index is 625. The van der Waals surface area contributed by atoms with E-state index >= 15 is 0 Å². The molecule has 0 aromatic heterocycles. The van der Waals surface area contributed by atoms with E-state index in [4.69, 9.17) is 11.6 Å². The van der Waals surface area contributed by atoms with Crippen LogP contribution in [-0.2, 0) is 0 Å². The van der Waals surface area contributed by atoms with Crippen molar-refractivity contribution in [3.05, 3.63) is 67.2 Å². The Hall–Kier alpha value is -0.580. The summed E-state index contributed by atoms with van der Waals surface area (Å²) in [6.45, 7) is 7.39. The molecule has 0 spiro atoms. The summed E-state index contributed by atoms with van der Waals surface area (Å²) in [5.41, 5.74) is 5.01. The third-order valence-corrected chi connectivity index (χ3v) is 5.06. The van der Waals surface area contributed by atoms with Crippen molar-refractivity contribution < 1.29 is 0 Å². The Morgan fingerprint density at radius 2 is 1.81 bits per heavy atom. The predicted octanol–water partition coefficient (Wildman–Crippen LogP) is 5.65. The van der Waals surface area contributed by atoms with E-state index in [2.05, 4.69) is 85.1 Å². The van der Waals surface area contributed by atoms with Crippen LogP contribution in [0.15, 0.2) is 36.4 Å². The van der Waals surface area contributed by atoms with Crippen molar-refractivity contribution in [2.24, 2.45) is 0 Å². The third-order valence-electron chi connectivity index (χ3n) is 3.67. The molecule has 0 aliphatic heterocycles. The minimum absolute atomic E-state index is 0.217. The second-order valence-corrected chi connectivity index (χ2v) is 6.94. The van der Waals surface area contributed by atoms with E-state index in [1.807, 2.05) is 0 Å². The Labute approximate surface area is 146 Å². The number of aryl methyl sites for hydroxylation is 2. The van der Waals surface area contributed by atoms with Crippen molar-refractivity contribution in [3.8, 4) is 0 Å². The van der Waals surface area contributed by atoms with Crippen LogP contribution in [0.2, 0.25) is 5.02 Å². The van der Waals surface area contributed by atoms with Crippen LogP contribution in [0, 0.1) is 17.4 Å². The Kier molecular flexibility index (Phi) is 6.08. The van der Waals surface area contributed by atoms with E-state index in [9.17, 15) is 0 Å². The quantitative estimate of drug-likeness (QED) is 0.625. The van der Waals surface area contributed by atoms with Gasteiger partial charge in [-0.3, -0.25) is 0 Å². The summed E-state index contributed by atoms with van der Waals surface area (Å²) in [5.74, 6) is 0. The Balaban J connectivity index is 2.51. The van der Waals surface area contributed by atoms with E-state index in [0.717, 1.165) is 23.6 Å². The SMILES string of the molecule is CCCNC(c1cc(C)c(Cl)cc1C)c1ccccc1I. The van der Waals surface area contributed by atoms with Crippen LogP contribution in [0.4, 0.5) is 0 Å². The number of halogens is 2. The second-order valence-electron chi connectivity index (χ2n) is 5.37. The fourth-order valence-corrected chi connectivity index (χ4v) is 3.42. The Morgan fingerprint density at radius 3 is 2.48 bits per heavy atom. The van der Waals surface area contributed by atoms with Gasteiger partial charge in [0, 0.05) is 8.59 Å². The Morgan fingerprint density at radius 1 is 1.10 bits per heavy atom. The molecule has 112 valence electrons. The van der Waals surface area contributed by atoms with Crippen LogP contribution in [0.25, 0.3) is 0 Å². The van der Waals surface area contributed by atoms with Gasteiger partial charge >= 0.3 is 0 Å². The summed E-state index contributed by atoms with van der Waals surface area (Å²) in [6.07, 6.45) is 1.12. The molecule has 21 heavy (non-hydrogen) atoms. The maximum absolute atomic E-state index is 6.25. The lowest BCUT2D eigenvalue weighted by Gasteiger charge is -2.23. The normalized spacial score (nSPS) is 12.4. The lowest BCUT2D eigenvalue weighted by Crippen LogP contribution is -2.24. The molecule has 2 aromatic carbocycles. The molecule has 0 radical (unpaired) electrons. The summed E-state index contributed by atoms with van der Waals surface area (Å²) in [5, 5.41) is 4.52. The highest BCUT2D eigenvalue weighted by molar-refractivity contribution is 14.1.